The number of nitrogens with zero attached hydrogens (tertiary/aromatic N) is 1. The van der Waals surface area contributed by atoms with Crippen LogP contribution >= 0.6 is 16.7 Å². The third kappa shape index (κ3) is 9.50. The van der Waals surface area contributed by atoms with E-state index in [1.807, 2.05) is 24.3 Å². The largest absolute Gasteiger partial charge is 0.482 e. The van der Waals surface area contributed by atoms with Gasteiger partial charge in [0.15, 0.2) is 6.61 Å². The van der Waals surface area contributed by atoms with E-state index in [2.05, 4.69) is 15.0 Å². The highest BCUT2D eigenvalue weighted by atomic mass is 32.0. The van der Waals surface area contributed by atoms with E-state index in [-0.39, 0.29) is 24.6 Å². The number of nitriles is 1. The lowest BCUT2D eigenvalue weighted by atomic mass is 10.0. The predicted molar refractivity (Wildman–Crippen MR) is 151 cm³/mol. The van der Waals surface area contributed by atoms with Gasteiger partial charge in [-0.2, -0.15) is 5.26 Å². The molecule has 0 fully saturated rings. The summed E-state index contributed by atoms with van der Waals surface area (Å²) >= 11 is 0. The fraction of sp³-hybridized carbons (Fsp3) is 0.103. The molecule has 0 radical (unpaired) electrons. The van der Waals surface area contributed by atoms with E-state index in [0.717, 1.165) is 17.2 Å². The van der Waals surface area contributed by atoms with Crippen LogP contribution in [-0.4, -0.2) is 25.4 Å². The van der Waals surface area contributed by atoms with Crippen LogP contribution in [0.25, 0.3) is 22.3 Å². The Kier molecular flexibility index (Phi) is 11.5. The lowest BCUT2D eigenvalue weighted by molar-refractivity contribution is -0.136. The highest BCUT2D eigenvalue weighted by molar-refractivity contribution is 8.12. The molecule has 0 aliphatic heterocycles. The number of halogens is 3. The van der Waals surface area contributed by atoms with Gasteiger partial charge >= 0.3 is 5.97 Å². The summed E-state index contributed by atoms with van der Waals surface area (Å²) in [6.45, 7) is -0.636. The monoisotopic (exact) mass is 568 g/mol. The first-order chi connectivity index (χ1) is 18.8. The third-order valence-corrected chi connectivity index (χ3v) is 6.69. The second kappa shape index (κ2) is 15.0. The van der Waals surface area contributed by atoms with E-state index in [1.54, 1.807) is 24.3 Å². The number of nitrogens with two attached hydrogens (primary N) is 1. The molecule has 0 saturated carbocycles. The Balaban J connectivity index is 0.000000631. The van der Waals surface area contributed by atoms with Crippen LogP contribution in [0.3, 0.4) is 0 Å². The third-order valence-electron chi connectivity index (χ3n) is 5.23. The van der Waals surface area contributed by atoms with Crippen LogP contribution < -0.4 is 15.0 Å². The molecule has 0 aliphatic carbocycles. The molecule has 4 rings (SSSR count). The van der Waals surface area contributed by atoms with Gasteiger partial charge in [0.05, 0.1) is 18.3 Å². The Morgan fingerprint density at radius 3 is 1.95 bits per heavy atom. The van der Waals surface area contributed by atoms with Crippen molar-refractivity contribution in [1.82, 2.24) is 0 Å². The predicted octanol–water partition coefficient (Wildman–Crippen LogP) is 7.26. The van der Waals surface area contributed by atoms with Crippen molar-refractivity contribution in [3.8, 4) is 39.8 Å². The van der Waals surface area contributed by atoms with Crippen LogP contribution in [0.2, 0.25) is 0 Å². The van der Waals surface area contributed by atoms with Crippen LogP contribution in [0.4, 0.5) is 13.2 Å². The summed E-state index contributed by atoms with van der Waals surface area (Å²) in [5, 5.41) is 8.88. The molecule has 0 heterocycles. The van der Waals surface area contributed by atoms with Gasteiger partial charge in [-0.15, -0.1) is 0 Å². The molecular formula is C29H25F3N2O3P2. The van der Waals surface area contributed by atoms with Crippen LogP contribution in [0.15, 0.2) is 91.0 Å². The molecule has 5 nitrogen and oxygen atoms in total. The Morgan fingerprint density at radius 2 is 1.44 bits per heavy atom. The maximum absolute atomic E-state index is 14.4. The van der Waals surface area contributed by atoms with E-state index in [9.17, 15) is 18.0 Å². The van der Waals surface area contributed by atoms with Crippen LogP contribution in [0.5, 0.6) is 11.5 Å². The summed E-state index contributed by atoms with van der Waals surface area (Å²) < 4.78 is 49.3. The van der Waals surface area contributed by atoms with Crippen LogP contribution in [0.1, 0.15) is 5.56 Å². The number of ether oxygens (including phenoxy) is 2. The highest BCUT2D eigenvalue weighted by Crippen LogP contribution is 2.33. The second-order valence-electron chi connectivity index (χ2n) is 8.05. The summed E-state index contributed by atoms with van der Waals surface area (Å²) in [6, 6.07) is 25.9. The minimum Gasteiger partial charge on any atom is -0.482 e. The molecule has 0 aromatic heterocycles. The summed E-state index contributed by atoms with van der Waals surface area (Å²) in [6.07, 6.45) is 0.514. The van der Waals surface area contributed by atoms with Crippen molar-refractivity contribution in [3.05, 3.63) is 108 Å². The molecule has 4 aromatic rings. The van der Waals surface area contributed by atoms with Crippen molar-refractivity contribution >= 4 is 22.7 Å². The average Bonchev–Trinajstić information content (AvgIpc) is 2.93. The molecule has 0 amide bonds. The fourth-order valence-electron chi connectivity index (χ4n) is 3.30. The summed E-state index contributed by atoms with van der Waals surface area (Å²) in [4.78, 5) is 12.1. The maximum atomic E-state index is 14.4. The van der Waals surface area contributed by atoms with E-state index in [4.69, 9.17) is 20.2 Å². The molecule has 2 unspecified atom stereocenters. The first kappa shape index (κ1) is 29.8. The van der Waals surface area contributed by atoms with E-state index >= 15 is 0 Å². The summed E-state index contributed by atoms with van der Waals surface area (Å²) in [5.41, 5.74) is 8.45. The van der Waals surface area contributed by atoms with Gasteiger partial charge in [0, 0.05) is 17.8 Å². The number of esters is 1. The van der Waals surface area contributed by atoms with Gasteiger partial charge < -0.3 is 15.0 Å². The molecule has 2 atom stereocenters. The van der Waals surface area contributed by atoms with Gasteiger partial charge in [-0.25, -0.2) is 13.6 Å². The van der Waals surface area contributed by atoms with Crippen molar-refractivity contribution < 1.29 is 27.4 Å². The number of hydrogen-bond acceptors (Lipinski definition) is 5. The first-order valence-electron chi connectivity index (χ1n) is 11.6. The number of rotatable bonds is 8. The normalized spacial score (nSPS) is 11.0. The highest BCUT2D eigenvalue weighted by Gasteiger charge is 2.11. The van der Waals surface area contributed by atoms with Gasteiger partial charge in [-0.1, -0.05) is 45.3 Å². The molecule has 200 valence electrons. The number of hydrogen-bond donors (Lipinski definition) is 1. The van der Waals surface area contributed by atoms with Gasteiger partial charge in [0.2, 0.25) is 0 Å². The number of carbonyl (C=O) groups excluding carboxylic acids is 1. The number of benzene rings is 4. The van der Waals surface area contributed by atoms with Gasteiger partial charge in [0.25, 0.3) is 0 Å². The van der Waals surface area contributed by atoms with Gasteiger partial charge in [0.1, 0.15) is 23.1 Å². The van der Waals surface area contributed by atoms with Crippen molar-refractivity contribution in [3.63, 3.8) is 0 Å². The average molecular weight is 568 g/mol. The van der Waals surface area contributed by atoms with Gasteiger partial charge in [-0.3, -0.25) is 4.39 Å². The maximum Gasteiger partial charge on any atom is 0.349 e. The summed E-state index contributed by atoms with van der Waals surface area (Å²) in [7, 11) is 1.82. The minimum absolute atomic E-state index is 0.0446. The van der Waals surface area contributed by atoms with Crippen molar-refractivity contribution in [2.24, 2.45) is 5.50 Å². The number of carbonyl (C=O) groups is 1. The van der Waals surface area contributed by atoms with E-state index in [1.165, 1.54) is 36.4 Å². The molecule has 10 heteroatoms. The fourth-order valence-corrected chi connectivity index (χ4v) is 3.79. The van der Waals surface area contributed by atoms with Crippen molar-refractivity contribution in [1.29, 1.82) is 5.26 Å². The number of alkyl halides is 1. The lowest BCUT2D eigenvalue weighted by Crippen LogP contribution is -2.17. The zero-order chi connectivity index (χ0) is 28.2. The van der Waals surface area contributed by atoms with E-state index in [0.29, 0.717) is 23.0 Å². The van der Waals surface area contributed by atoms with Gasteiger partial charge in [-0.05, 0) is 73.0 Å². The molecule has 0 bridgehead atoms. The van der Waals surface area contributed by atoms with Crippen LogP contribution in [-0.2, 0) is 4.79 Å². The second-order valence-corrected chi connectivity index (χ2v) is 11.5. The SMILES string of the molecule is N#Cc1ccc(-c2ccc(OCC(=O)Oc3ccc(-c4ccc(F)cc4)c(F)c3)cc2)cc1.NP(P)CCF. The minimum atomic E-state index is -0.680. The standard InChI is InChI=1S/C27H17F2NO3.C2H8FNP2/c28-22-9-5-21(6-10-22)25-14-13-24(15-26(25)29)33-27(31)17-32-23-11-7-20(8-12-23)19-3-1-18(16-30)2-4-19;3-1-2-6(4)5/h1-15H,17H2;1-2,4-5H2. The zero-order valence-electron chi connectivity index (χ0n) is 20.7. The van der Waals surface area contributed by atoms with Crippen molar-refractivity contribution in [2.75, 3.05) is 19.4 Å². The Labute approximate surface area is 228 Å². The Hall–Kier alpha value is -3.75. The Bertz CT molecular complexity index is 1410. The molecule has 0 aliphatic rings. The molecule has 39 heavy (non-hydrogen) atoms. The molecule has 0 saturated heterocycles. The van der Waals surface area contributed by atoms with E-state index < -0.39 is 25.4 Å². The van der Waals surface area contributed by atoms with Crippen LogP contribution in [0, 0.1) is 23.0 Å². The zero-order valence-corrected chi connectivity index (χ0v) is 22.7. The quantitative estimate of drug-likeness (QED) is 0.137. The summed E-state index contributed by atoms with van der Waals surface area (Å²) in [5.74, 6) is -1.16. The Morgan fingerprint density at radius 1 is 0.872 bits per heavy atom. The molecule has 2 N–H and O–H groups in total. The lowest BCUT2D eigenvalue weighted by Gasteiger charge is -2.09. The molecular weight excluding hydrogens is 543 g/mol. The molecule has 0 spiro atoms. The smallest absolute Gasteiger partial charge is 0.349 e. The first-order valence-corrected chi connectivity index (χ1v) is 14.8. The van der Waals surface area contributed by atoms with Crippen molar-refractivity contribution in [2.45, 2.75) is 0 Å². The molecule has 4 aromatic carbocycles. The topological polar surface area (TPSA) is 85.3 Å².